The van der Waals surface area contributed by atoms with Gasteiger partial charge in [-0.15, -0.1) is 0 Å². The number of fused-ring (bicyclic) bond motifs is 3. The van der Waals surface area contributed by atoms with Gasteiger partial charge in [-0.25, -0.2) is 0 Å². The van der Waals surface area contributed by atoms with Crippen LogP contribution in [-0.4, -0.2) is 33.5 Å². The first-order valence-corrected chi connectivity index (χ1v) is 19.0. The van der Waals surface area contributed by atoms with Gasteiger partial charge in [0.25, 0.3) is 0 Å². The Labute approximate surface area is 316 Å². The average molecular weight is 745 g/mol. The van der Waals surface area contributed by atoms with Gasteiger partial charge in [0.05, 0.1) is 28.4 Å². The highest BCUT2D eigenvalue weighted by molar-refractivity contribution is 7.32. The minimum atomic E-state index is -2.17. The van der Waals surface area contributed by atoms with Crippen molar-refractivity contribution in [1.29, 1.82) is 0 Å². The first-order chi connectivity index (χ1) is 24.5. The van der Waals surface area contributed by atoms with Crippen LogP contribution in [0.15, 0.2) is 56.9 Å². The SMILES string of the molecule is COc1cc(-c2cc(OC)cc(C(C)(C)C)c2Op2oc3c(C(C)(C)C)cc(OC)cc3c3cc(OC)cc(C(C)(C)C)c3o2)c(O)c(C(C)(C)C)c1. The van der Waals surface area contributed by atoms with Crippen LogP contribution < -0.4 is 23.5 Å². The van der Waals surface area contributed by atoms with Crippen molar-refractivity contribution in [2.24, 2.45) is 0 Å². The largest absolute Gasteiger partial charge is 0.507 e. The van der Waals surface area contributed by atoms with E-state index in [9.17, 15) is 5.11 Å². The van der Waals surface area contributed by atoms with Crippen LogP contribution in [0.3, 0.4) is 0 Å². The van der Waals surface area contributed by atoms with Crippen LogP contribution in [0.4, 0.5) is 0 Å². The molecule has 1 N–H and O–H groups in total. The lowest BCUT2D eigenvalue weighted by Gasteiger charge is -2.27. The van der Waals surface area contributed by atoms with Crippen LogP contribution in [-0.2, 0) is 21.7 Å². The number of rotatable bonds is 7. The summed E-state index contributed by atoms with van der Waals surface area (Å²) in [7, 11) is 4.43. The highest BCUT2D eigenvalue weighted by atomic mass is 31.1. The van der Waals surface area contributed by atoms with Crippen molar-refractivity contribution in [1.82, 2.24) is 0 Å². The Balaban J connectivity index is 2.01. The highest BCUT2D eigenvalue weighted by Gasteiger charge is 2.31. The normalized spacial score (nSPS) is 12.6. The minimum absolute atomic E-state index is 0.131. The van der Waals surface area contributed by atoms with Crippen molar-refractivity contribution in [3.8, 4) is 45.6 Å². The third kappa shape index (κ3) is 7.94. The quantitative estimate of drug-likeness (QED) is 0.176. The van der Waals surface area contributed by atoms with E-state index in [4.69, 9.17) is 31.9 Å². The van der Waals surface area contributed by atoms with Gasteiger partial charge in [-0.2, -0.15) is 0 Å². The van der Waals surface area contributed by atoms with Crippen LogP contribution in [0, 0.1) is 0 Å². The predicted octanol–water partition coefficient (Wildman–Crippen LogP) is 12.7. The van der Waals surface area contributed by atoms with E-state index in [0.29, 0.717) is 51.0 Å². The van der Waals surface area contributed by atoms with E-state index >= 15 is 0 Å². The van der Waals surface area contributed by atoms with Gasteiger partial charge in [0.2, 0.25) is 0 Å². The molecule has 286 valence electrons. The van der Waals surface area contributed by atoms with Crippen LogP contribution in [0.5, 0.6) is 34.5 Å². The summed E-state index contributed by atoms with van der Waals surface area (Å²) in [5, 5.41) is 13.6. The topological polar surface area (TPSA) is 92.7 Å². The Hall–Kier alpha value is -4.42. The van der Waals surface area contributed by atoms with Gasteiger partial charge < -0.3 is 37.0 Å². The molecule has 1 aromatic heterocycles. The number of phenols is 1. The smallest absolute Gasteiger partial charge is 0.453 e. The van der Waals surface area contributed by atoms with Gasteiger partial charge in [-0.05, 0) is 70.2 Å². The first kappa shape index (κ1) is 39.8. The number of methoxy groups -OCH3 is 4. The number of aromatic hydroxyl groups is 1. The average Bonchev–Trinajstić information content (AvgIpc) is 3.21. The minimum Gasteiger partial charge on any atom is -0.507 e. The van der Waals surface area contributed by atoms with E-state index in [1.165, 1.54) is 0 Å². The molecule has 0 spiro atoms. The summed E-state index contributed by atoms with van der Waals surface area (Å²) in [6, 6.07) is 15.6. The van der Waals surface area contributed by atoms with Gasteiger partial charge in [0.15, 0.2) is 0 Å². The van der Waals surface area contributed by atoms with Crippen molar-refractivity contribution >= 4 is 30.2 Å². The molecule has 0 aliphatic carbocycles. The van der Waals surface area contributed by atoms with E-state index in [1.54, 1.807) is 28.4 Å². The molecule has 0 saturated heterocycles. The standard InChI is InChI=1S/C44H57O8P/c1-41(2,3)33-21-25(46-13)17-29(37(33)45)30-18-26(47-14)22-34(42(4,5)6)38(30)50-53-51-39-31(19-27(48-15)23-35(39)43(7,8)9)32-20-28(49-16)24-36(40(32)52-53)44(10,11)12/h17-24,45H,1-16H3. The van der Waals surface area contributed by atoms with Crippen molar-refractivity contribution in [2.45, 2.75) is 105 Å². The number of ether oxygens (including phenoxy) is 4. The van der Waals surface area contributed by atoms with E-state index < -0.39 is 13.7 Å². The Morgan fingerprint density at radius 3 is 1.17 bits per heavy atom. The highest BCUT2D eigenvalue weighted by Crippen LogP contribution is 2.52. The van der Waals surface area contributed by atoms with Crippen LogP contribution in [0.25, 0.3) is 33.1 Å². The summed E-state index contributed by atoms with van der Waals surface area (Å²) in [4.78, 5) is 0. The molecular weight excluding hydrogens is 687 g/mol. The first-order valence-electron chi connectivity index (χ1n) is 18.0. The molecule has 0 aliphatic heterocycles. The fourth-order valence-corrected chi connectivity index (χ4v) is 7.66. The molecule has 0 aliphatic rings. The lowest BCUT2D eigenvalue weighted by atomic mass is 9.81. The summed E-state index contributed by atoms with van der Waals surface area (Å²) in [5.74, 6) is 3.27. The molecule has 0 atom stereocenters. The predicted molar refractivity (Wildman–Crippen MR) is 217 cm³/mol. The lowest BCUT2D eigenvalue weighted by molar-refractivity contribution is 0.405. The van der Waals surface area contributed by atoms with Crippen LogP contribution in [0.1, 0.15) is 105 Å². The Bertz CT molecular complexity index is 2120. The fraction of sp³-hybridized carbons (Fsp3) is 0.455. The number of hydrogen-bond acceptors (Lipinski definition) is 8. The van der Waals surface area contributed by atoms with Crippen molar-refractivity contribution < 1.29 is 37.0 Å². The number of benzene rings is 4. The molecule has 0 radical (unpaired) electrons. The summed E-state index contributed by atoms with van der Waals surface area (Å²) in [5.41, 5.74) is 4.41. The van der Waals surface area contributed by atoms with E-state index in [1.807, 2.05) is 48.5 Å². The molecule has 8 nitrogen and oxygen atoms in total. The molecule has 4 aromatic carbocycles. The Morgan fingerprint density at radius 1 is 0.453 bits per heavy atom. The molecule has 0 amide bonds. The number of phenolic OH excluding ortho intramolecular Hbond substituents is 1. The van der Waals surface area contributed by atoms with Gasteiger partial charge in [-0.3, -0.25) is 0 Å². The Morgan fingerprint density at radius 2 is 0.792 bits per heavy atom. The summed E-state index contributed by atoms with van der Waals surface area (Å²) < 4.78 is 44.5. The molecule has 0 bridgehead atoms. The van der Waals surface area contributed by atoms with E-state index in [0.717, 1.165) is 33.0 Å². The molecule has 53 heavy (non-hydrogen) atoms. The maximum Gasteiger partial charge on any atom is 0.453 e. The zero-order chi connectivity index (χ0) is 39.4. The third-order valence-corrected chi connectivity index (χ3v) is 10.5. The molecule has 0 saturated carbocycles. The molecule has 0 fully saturated rings. The van der Waals surface area contributed by atoms with Gasteiger partial charge in [0.1, 0.15) is 45.7 Å². The Kier molecular flexibility index (Phi) is 10.6. The lowest BCUT2D eigenvalue weighted by Crippen LogP contribution is -2.14. The molecule has 5 rings (SSSR count). The fourth-order valence-electron chi connectivity index (χ4n) is 6.51. The van der Waals surface area contributed by atoms with Gasteiger partial charge in [0, 0.05) is 44.2 Å². The summed E-state index contributed by atoms with van der Waals surface area (Å²) in [6.45, 7) is 25.4. The molecule has 9 heteroatoms. The van der Waals surface area contributed by atoms with Crippen molar-refractivity contribution in [2.75, 3.05) is 28.4 Å². The molecule has 1 heterocycles. The van der Waals surface area contributed by atoms with E-state index in [-0.39, 0.29) is 22.0 Å². The molecule has 0 unspecified atom stereocenters. The van der Waals surface area contributed by atoms with Crippen LogP contribution >= 0.6 is 8.24 Å². The van der Waals surface area contributed by atoms with Gasteiger partial charge in [-0.1, -0.05) is 83.1 Å². The second-order valence-electron chi connectivity index (χ2n) is 17.7. The maximum atomic E-state index is 12.0. The zero-order valence-corrected chi connectivity index (χ0v) is 35.3. The second-order valence-corrected chi connectivity index (χ2v) is 18.7. The van der Waals surface area contributed by atoms with E-state index in [2.05, 4.69) is 83.1 Å². The van der Waals surface area contributed by atoms with Gasteiger partial charge >= 0.3 is 8.24 Å². The van der Waals surface area contributed by atoms with Crippen molar-refractivity contribution in [3.63, 3.8) is 0 Å². The molecule has 5 aromatic rings. The zero-order valence-electron chi connectivity index (χ0n) is 34.4. The van der Waals surface area contributed by atoms with Crippen molar-refractivity contribution in [3.05, 3.63) is 70.8 Å². The number of hydrogen-bond donors (Lipinski definition) is 1. The second kappa shape index (κ2) is 14.1. The monoisotopic (exact) mass is 744 g/mol. The molecular formula is C44H57O8P. The van der Waals surface area contributed by atoms with Crippen LogP contribution in [0.2, 0.25) is 0 Å². The maximum absolute atomic E-state index is 12.0. The third-order valence-electron chi connectivity index (χ3n) is 9.52. The summed E-state index contributed by atoms with van der Waals surface area (Å²) in [6.07, 6.45) is 0. The summed E-state index contributed by atoms with van der Waals surface area (Å²) >= 11 is 0.